The largest absolute Gasteiger partial charge is 0.368 e. The number of hydrogen-bond donors (Lipinski definition) is 1. The Morgan fingerprint density at radius 2 is 1.96 bits per heavy atom. The fraction of sp³-hybridized carbons (Fsp3) is 0.167. The average Bonchev–Trinajstić information content (AvgIpc) is 3.24. The Bertz CT molecular complexity index is 954. The van der Waals surface area contributed by atoms with E-state index in [0.29, 0.717) is 0 Å². The first-order valence-corrected chi connectivity index (χ1v) is 7.93. The number of rotatable bonds is 5. The molecule has 3 heterocycles. The molecule has 1 N–H and O–H groups in total. The summed E-state index contributed by atoms with van der Waals surface area (Å²) in [5.41, 5.74) is 4.02. The van der Waals surface area contributed by atoms with Crippen LogP contribution in [0.15, 0.2) is 61.1 Å². The van der Waals surface area contributed by atoms with Crippen LogP contribution >= 0.6 is 0 Å². The lowest BCUT2D eigenvalue weighted by molar-refractivity contribution is 0.635. The second kappa shape index (κ2) is 6.16. The summed E-state index contributed by atoms with van der Waals surface area (Å²) in [5, 5.41) is 12.1. The molecule has 0 aliphatic rings. The minimum absolute atomic E-state index is 0.758. The average molecular weight is 318 g/mol. The fourth-order valence-corrected chi connectivity index (χ4v) is 2.68. The van der Waals surface area contributed by atoms with Crippen LogP contribution in [0.2, 0.25) is 0 Å². The number of fused-ring (bicyclic) bond motifs is 1. The molecule has 0 aliphatic carbocycles. The summed E-state index contributed by atoms with van der Waals surface area (Å²) in [7, 11) is 0. The van der Waals surface area contributed by atoms with Crippen molar-refractivity contribution in [3.63, 3.8) is 0 Å². The monoisotopic (exact) mass is 318 g/mol. The van der Waals surface area contributed by atoms with Crippen LogP contribution in [0, 0.1) is 6.92 Å². The molecule has 3 aromatic heterocycles. The molecule has 6 heteroatoms. The predicted octanol–water partition coefficient (Wildman–Crippen LogP) is 3.01. The molecule has 0 fully saturated rings. The van der Waals surface area contributed by atoms with E-state index in [-0.39, 0.29) is 0 Å². The predicted molar refractivity (Wildman–Crippen MR) is 93.9 cm³/mol. The number of hydrogen-bond acceptors (Lipinski definition) is 4. The highest BCUT2D eigenvalue weighted by molar-refractivity contribution is 5.66. The number of nitrogens with one attached hydrogen (secondary N) is 1. The van der Waals surface area contributed by atoms with Crippen molar-refractivity contribution in [1.29, 1.82) is 0 Å². The lowest BCUT2D eigenvalue weighted by atomic mass is 10.1. The van der Waals surface area contributed by atoms with Gasteiger partial charge in [-0.15, -0.1) is 0 Å². The van der Waals surface area contributed by atoms with Gasteiger partial charge in [0.25, 0.3) is 0 Å². The van der Waals surface area contributed by atoms with Crippen LogP contribution in [0.4, 0.5) is 5.82 Å². The van der Waals surface area contributed by atoms with Crippen LogP contribution in [0.3, 0.4) is 0 Å². The van der Waals surface area contributed by atoms with Crippen molar-refractivity contribution in [1.82, 2.24) is 24.4 Å². The van der Waals surface area contributed by atoms with Gasteiger partial charge >= 0.3 is 0 Å². The lowest BCUT2D eigenvalue weighted by Crippen LogP contribution is -2.13. The summed E-state index contributed by atoms with van der Waals surface area (Å²) in [6.07, 6.45) is 5.66. The molecule has 0 aliphatic heterocycles. The molecular formula is C18H18N6. The minimum Gasteiger partial charge on any atom is -0.368 e. The lowest BCUT2D eigenvalue weighted by Gasteiger charge is -2.11. The normalized spacial score (nSPS) is 11.0. The first kappa shape index (κ1) is 14.4. The Labute approximate surface area is 139 Å². The zero-order valence-electron chi connectivity index (χ0n) is 13.4. The summed E-state index contributed by atoms with van der Waals surface area (Å²) in [6, 6.07) is 14.1. The third kappa shape index (κ3) is 2.86. The highest BCUT2D eigenvalue weighted by Gasteiger charge is 2.08. The van der Waals surface area contributed by atoms with Gasteiger partial charge < -0.3 is 5.32 Å². The molecule has 120 valence electrons. The first-order chi connectivity index (χ1) is 11.8. The fourth-order valence-electron chi connectivity index (χ4n) is 2.68. The molecule has 6 nitrogen and oxygen atoms in total. The third-order valence-electron chi connectivity index (χ3n) is 3.84. The molecule has 0 atom stereocenters. The van der Waals surface area contributed by atoms with Crippen LogP contribution in [0.25, 0.3) is 16.9 Å². The maximum atomic E-state index is 4.68. The highest BCUT2D eigenvalue weighted by Crippen LogP contribution is 2.21. The number of aryl methyl sites for hydroxylation is 1. The van der Waals surface area contributed by atoms with E-state index in [1.807, 2.05) is 58.8 Å². The summed E-state index contributed by atoms with van der Waals surface area (Å²) in [4.78, 5) is 4.68. The van der Waals surface area contributed by atoms with Crippen molar-refractivity contribution in [2.75, 3.05) is 11.9 Å². The van der Waals surface area contributed by atoms with Crippen LogP contribution < -0.4 is 5.32 Å². The van der Waals surface area contributed by atoms with Crippen molar-refractivity contribution >= 4 is 11.5 Å². The zero-order chi connectivity index (χ0) is 16.4. The highest BCUT2D eigenvalue weighted by atomic mass is 15.3. The van der Waals surface area contributed by atoms with Gasteiger partial charge in [-0.1, -0.05) is 30.3 Å². The van der Waals surface area contributed by atoms with Gasteiger partial charge in [-0.2, -0.15) is 14.7 Å². The Hall–Kier alpha value is -3.15. The maximum Gasteiger partial charge on any atom is 0.157 e. The van der Waals surface area contributed by atoms with Crippen LogP contribution in [0.1, 0.15) is 5.56 Å². The smallest absolute Gasteiger partial charge is 0.157 e. The summed E-state index contributed by atoms with van der Waals surface area (Å²) in [5.74, 6) is 0.924. The van der Waals surface area contributed by atoms with Gasteiger partial charge in [0.05, 0.1) is 24.6 Å². The van der Waals surface area contributed by atoms with Crippen LogP contribution in [0.5, 0.6) is 0 Å². The van der Waals surface area contributed by atoms with E-state index in [4.69, 9.17) is 0 Å². The zero-order valence-corrected chi connectivity index (χ0v) is 13.4. The van der Waals surface area contributed by atoms with Gasteiger partial charge in [0.2, 0.25) is 0 Å². The third-order valence-corrected chi connectivity index (χ3v) is 3.84. The Balaban J connectivity index is 1.60. The number of nitrogens with zero attached hydrogens (tertiary/aromatic N) is 5. The van der Waals surface area contributed by atoms with E-state index in [1.165, 1.54) is 5.56 Å². The van der Waals surface area contributed by atoms with Crippen molar-refractivity contribution < 1.29 is 0 Å². The molecule has 4 rings (SSSR count). The second-order valence-corrected chi connectivity index (χ2v) is 5.70. The molecule has 4 aromatic rings. The summed E-state index contributed by atoms with van der Waals surface area (Å²) < 4.78 is 3.75. The van der Waals surface area contributed by atoms with Crippen molar-refractivity contribution in [3.05, 3.63) is 66.6 Å². The van der Waals surface area contributed by atoms with E-state index < -0.39 is 0 Å². The van der Waals surface area contributed by atoms with E-state index in [1.54, 1.807) is 6.20 Å². The van der Waals surface area contributed by atoms with Gasteiger partial charge in [0, 0.05) is 30.4 Å². The molecule has 0 saturated carbocycles. The van der Waals surface area contributed by atoms with E-state index >= 15 is 0 Å². The SMILES string of the molecule is Cc1cnn(CCNc2cc(-c3ccccc3)nc3ccnn23)c1. The molecule has 0 bridgehead atoms. The molecule has 0 radical (unpaired) electrons. The van der Waals surface area contributed by atoms with Crippen molar-refractivity contribution in [2.45, 2.75) is 13.5 Å². The number of aromatic nitrogens is 5. The summed E-state index contributed by atoms with van der Waals surface area (Å²) in [6.45, 7) is 3.59. The van der Waals surface area contributed by atoms with Crippen molar-refractivity contribution in [3.8, 4) is 11.3 Å². The molecule has 1 aromatic carbocycles. The van der Waals surface area contributed by atoms with Crippen molar-refractivity contribution in [2.24, 2.45) is 0 Å². The number of benzene rings is 1. The second-order valence-electron chi connectivity index (χ2n) is 5.70. The van der Waals surface area contributed by atoms with E-state index in [9.17, 15) is 0 Å². The van der Waals surface area contributed by atoms with Gasteiger partial charge in [-0.3, -0.25) is 4.68 Å². The van der Waals surface area contributed by atoms with Gasteiger partial charge in [0.15, 0.2) is 5.65 Å². The topological polar surface area (TPSA) is 60.0 Å². The Morgan fingerprint density at radius 1 is 1.08 bits per heavy atom. The molecule has 0 amide bonds. The molecular weight excluding hydrogens is 300 g/mol. The molecule has 0 saturated heterocycles. The van der Waals surface area contributed by atoms with Crippen LogP contribution in [-0.4, -0.2) is 30.9 Å². The molecule has 0 unspecified atom stereocenters. The molecule has 0 spiro atoms. The first-order valence-electron chi connectivity index (χ1n) is 7.93. The standard InChI is InChI=1S/C18H18N6/c1-14-12-21-23(13-14)10-9-19-18-11-16(15-5-3-2-4-6-15)22-17-7-8-20-24(17)18/h2-8,11-13,19H,9-10H2,1H3. The van der Waals surface area contributed by atoms with Gasteiger partial charge in [0.1, 0.15) is 5.82 Å². The van der Waals surface area contributed by atoms with Gasteiger partial charge in [-0.25, -0.2) is 4.98 Å². The van der Waals surface area contributed by atoms with E-state index in [0.717, 1.165) is 35.8 Å². The quantitative estimate of drug-likeness (QED) is 0.614. The van der Waals surface area contributed by atoms with Crippen LogP contribution in [-0.2, 0) is 6.54 Å². The number of anilines is 1. The van der Waals surface area contributed by atoms with Gasteiger partial charge in [-0.05, 0) is 12.5 Å². The Morgan fingerprint density at radius 3 is 2.75 bits per heavy atom. The summed E-state index contributed by atoms with van der Waals surface area (Å²) >= 11 is 0. The maximum absolute atomic E-state index is 4.68. The minimum atomic E-state index is 0.758. The Kier molecular flexibility index (Phi) is 3.70. The molecule has 24 heavy (non-hydrogen) atoms. The van der Waals surface area contributed by atoms with E-state index in [2.05, 4.69) is 32.6 Å².